The summed E-state index contributed by atoms with van der Waals surface area (Å²) in [6.45, 7) is 7.03. The second-order valence-corrected chi connectivity index (χ2v) is 4.90. The lowest BCUT2D eigenvalue weighted by Gasteiger charge is -2.16. The minimum absolute atomic E-state index is 0.309. The highest BCUT2D eigenvalue weighted by atomic mass is 15.3. The van der Waals surface area contributed by atoms with Crippen molar-refractivity contribution in [2.45, 2.75) is 32.2 Å². The van der Waals surface area contributed by atoms with E-state index in [2.05, 4.69) is 43.1 Å². The quantitative estimate of drug-likeness (QED) is 0.768. The van der Waals surface area contributed by atoms with Crippen LogP contribution in [0.25, 0.3) is 10.9 Å². The summed E-state index contributed by atoms with van der Waals surface area (Å²) in [5, 5.41) is 9.57. The minimum Gasteiger partial charge on any atom is -0.309 e. The molecule has 0 radical (unpaired) electrons. The van der Waals surface area contributed by atoms with Crippen LogP contribution in [0.5, 0.6) is 0 Å². The van der Waals surface area contributed by atoms with E-state index in [0.717, 1.165) is 31.5 Å². The summed E-state index contributed by atoms with van der Waals surface area (Å²) in [5.41, 5.74) is 2.35. The van der Waals surface area contributed by atoms with Crippen molar-refractivity contribution in [3.05, 3.63) is 42.6 Å². The van der Waals surface area contributed by atoms with Gasteiger partial charge < -0.3 is 5.32 Å². The van der Waals surface area contributed by atoms with Crippen LogP contribution in [-0.4, -0.2) is 16.3 Å². The number of benzene rings is 1. The number of para-hydroxylation sites is 1. The highest BCUT2D eigenvalue weighted by molar-refractivity contribution is 5.82. The van der Waals surface area contributed by atoms with Gasteiger partial charge in [0.1, 0.15) is 0 Å². The van der Waals surface area contributed by atoms with Gasteiger partial charge >= 0.3 is 0 Å². The largest absolute Gasteiger partial charge is 0.309 e. The molecule has 2 aromatic rings. The monoisotopic (exact) mass is 257 g/mol. The summed E-state index contributed by atoms with van der Waals surface area (Å²) in [4.78, 5) is 0. The number of hydrogen-bond donors (Lipinski definition) is 1. The van der Waals surface area contributed by atoms with Crippen molar-refractivity contribution in [3.8, 4) is 0 Å². The highest BCUT2D eigenvalue weighted by Gasteiger charge is 2.17. The van der Waals surface area contributed by atoms with E-state index in [1.807, 2.05) is 17.8 Å². The molecule has 0 spiro atoms. The zero-order valence-corrected chi connectivity index (χ0v) is 11.9. The Morgan fingerprint density at radius 3 is 2.95 bits per heavy atom. The average Bonchev–Trinajstić information content (AvgIpc) is 2.77. The maximum Gasteiger partial charge on any atom is 0.0872 e. The van der Waals surface area contributed by atoms with Crippen LogP contribution in [-0.2, 0) is 7.05 Å². The Morgan fingerprint density at radius 2 is 2.21 bits per heavy atom. The van der Waals surface area contributed by atoms with Gasteiger partial charge in [0.2, 0.25) is 0 Å². The lowest BCUT2D eigenvalue weighted by Crippen LogP contribution is -2.22. The van der Waals surface area contributed by atoms with Crippen molar-refractivity contribution in [1.29, 1.82) is 0 Å². The van der Waals surface area contributed by atoms with Gasteiger partial charge in [0, 0.05) is 12.4 Å². The van der Waals surface area contributed by atoms with Crippen molar-refractivity contribution >= 4 is 10.9 Å². The summed E-state index contributed by atoms with van der Waals surface area (Å²) in [6, 6.07) is 8.73. The number of allylic oxidation sites excluding steroid dienone is 1. The summed E-state index contributed by atoms with van der Waals surface area (Å²) < 4.78 is 1.97. The first kappa shape index (κ1) is 13.8. The van der Waals surface area contributed by atoms with Crippen molar-refractivity contribution in [2.24, 2.45) is 7.05 Å². The lowest BCUT2D eigenvalue weighted by molar-refractivity contribution is 0.489. The van der Waals surface area contributed by atoms with Crippen molar-refractivity contribution in [3.63, 3.8) is 0 Å². The van der Waals surface area contributed by atoms with E-state index in [9.17, 15) is 0 Å². The van der Waals surface area contributed by atoms with E-state index < -0.39 is 0 Å². The van der Waals surface area contributed by atoms with Gasteiger partial charge in [-0.05, 0) is 31.9 Å². The number of rotatable bonds is 7. The van der Waals surface area contributed by atoms with Crippen molar-refractivity contribution < 1.29 is 0 Å². The SMILES string of the molecule is C=CCCC(NCCC)c1nn(C)c2ccccc12. The molecule has 0 aliphatic rings. The fraction of sp³-hybridized carbons (Fsp3) is 0.438. The first-order valence-corrected chi connectivity index (χ1v) is 7.03. The molecule has 102 valence electrons. The Kier molecular flexibility index (Phi) is 4.74. The number of fused-ring (bicyclic) bond motifs is 1. The fourth-order valence-electron chi connectivity index (χ4n) is 2.44. The van der Waals surface area contributed by atoms with Crippen LogP contribution in [0.4, 0.5) is 0 Å². The fourth-order valence-corrected chi connectivity index (χ4v) is 2.44. The van der Waals surface area contributed by atoms with E-state index in [-0.39, 0.29) is 0 Å². The molecule has 1 heterocycles. The Hall–Kier alpha value is -1.61. The third kappa shape index (κ3) is 3.04. The number of hydrogen-bond acceptors (Lipinski definition) is 2. The summed E-state index contributed by atoms with van der Waals surface area (Å²) in [6.07, 6.45) is 5.16. The van der Waals surface area contributed by atoms with Gasteiger partial charge in [0.25, 0.3) is 0 Å². The molecule has 1 unspecified atom stereocenters. The molecular formula is C16H23N3. The number of nitrogens with zero attached hydrogens (tertiary/aromatic N) is 2. The Labute approximate surface area is 115 Å². The molecule has 0 saturated heterocycles. The predicted molar refractivity (Wildman–Crippen MR) is 81.2 cm³/mol. The van der Waals surface area contributed by atoms with E-state index in [1.54, 1.807) is 0 Å². The first-order valence-electron chi connectivity index (χ1n) is 7.03. The van der Waals surface area contributed by atoms with Gasteiger partial charge in [-0.2, -0.15) is 5.10 Å². The lowest BCUT2D eigenvalue weighted by atomic mass is 10.0. The minimum atomic E-state index is 0.309. The average molecular weight is 257 g/mol. The highest BCUT2D eigenvalue weighted by Crippen LogP contribution is 2.26. The van der Waals surface area contributed by atoms with Crippen LogP contribution in [0.15, 0.2) is 36.9 Å². The van der Waals surface area contributed by atoms with Crippen LogP contribution >= 0.6 is 0 Å². The molecule has 1 aromatic carbocycles. The second-order valence-electron chi connectivity index (χ2n) is 4.90. The van der Waals surface area contributed by atoms with Gasteiger partial charge in [-0.25, -0.2) is 0 Å². The summed E-state index contributed by atoms with van der Waals surface area (Å²) in [7, 11) is 2.01. The molecule has 1 aromatic heterocycles. The molecule has 3 nitrogen and oxygen atoms in total. The molecule has 1 N–H and O–H groups in total. The number of aryl methyl sites for hydroxylation is 1. The van der Waals surface area contributed by atoms with Gasteiger partial charge in [-0.15, -0.1) is 6.58 Å². The normalized spacial score (nSPS) is 12.7. The molecule has 2 rings (SSSR count). The molecule has 1 atom stereocenters. The van der Waals surface area contributed by atoms with Crippen LogP contribution in [0.2, 0.25) is 0 Å². The van der Waals surface area contributed by atoms with Crippen LogP contribution < -0.4 is 5.32 Å². The van der Waals surface area contributed by atoms with Gasteiger partial charge in [0.15, 0.2) is 0 Å². The molecule has 0 bridgehead atoms. The maximum atomic E-state index is 4.72. The third-order valence-corrected chi connectivity index (χ3v) is 3.42. The van der Waals surface area contributed by atoms with Gasteiger partial charge in [-0.1, -0.05) is 31.2 Å². The molecule has 3 heteroatoms. The summed E-state index contributed by atoms with van der Waals surface area (Å²) in [5.74, 6) is 0. The van der Waals surface area contributed by atoms with Gasteiger partial charge in [0.05, 0.1) is 17.3 Å². The van der Waals surface area contributed by atoms with Crippen LogP contribution in [0.3, 0.4) is 0 Å². The molecule has 0 aliphatic heterocycles. The van der Waals surface area contributed by atoms with E-state index in [0.29, 0.717) is 6.04 Å². The Bertz CT molecular complexity index is 542. The zero-order chi connectivity index (χ0) is 13.7. The third-order valence-electron chi connectivity index (χ3n) is 3.42. The Balaban J connectivity index is 2.34. The number of aromatic nitrogens is 2. The summed E-state index contributed by atoms with van der Waals surface area (Å²) >= 11 is 0. The van der Waals surface area contributed by atoms with E-state index >= 15 is 0 Å². The first-order chi connectivity index (χ1) is 9.27. The molecular weight excluding hydrogens is 234 g/mol. The maximum absolute atomic E-state index is 4.72. The van der Waals surface area contributed by atoms with Gasteiger partial charge in [-0.3, -0.25) is 4.68 Å². The van der Waals surface area contributed by atoms with Crippen molar-refractivity contribution in [1.82, 2.24) is 15.1 Å². The zero-order valence-electron chi connectivity index (χ0n) is 11.9. The molecule has 0 amide bonds. The smallest absolute Gasteiger partial charge is 0.0872 e. The second kappa shape index (κ2) is 6.53. The van der Waals surface area contributed by atoms with Crippen LogP contribution in [0.1, 0.15) is 37.9 Å². The topological polar surface area (TPSA) is 29.9 Å². The standard InChI is InChI=1S/C16H23N3/c1-4-6-10-14(17-12-5-2)16-13-9-7-8-11-15(13)19(3)18-16/h4,7-9,11,14,17H,1,5-6,10,12H2,2-3H3. The van der Waals surface area contributed by atoms with Crippen molar-refractivity contribution in [2.75, 3.05) is 6.54 Å². The van der Waals surface area contributed by atoms with E-state index in [1.165, 1.54) is 10.9 Å². The van der Waals surface area contributed by atoms with Crippen LogP contribution in [0, 0.1) is 0 Å². The van der Waals surface area contributed by atoms with E-state index in [4.69, 9.17) is 5.10 Å². The molecule has 0 aliphatic carbocycles. The molecule has 0 saturated carbocycles. The predicted octanol–water partition coefficient (Wildman–Crippen LogP) is 3.58. The Morgan fingerprint density at radius 1 is 1.42 bits per heavy atom. The molecule has 0 fully saturated rings. The number of nitrogens with one attached hydrogen (secondary N) is 1. The molecule has 19 heavy (non-hydrogen) atoms.